The molecule has 0 aliphatic heterocycles. The van der Waals surface area contributed by atoms with Gasteiger partial charge in [0.2, 0.25) is 5.91 Å². The van der Waals surface area contributed by atoms with E-state index in [1.165, 1.54) is 4.90 Å². The van der Waals surface area contributed by atoms with Crippen LogP contribution in [0.25, 0.3) is 0 Å². The topological polar surface area (TPSA) is 79.6 Å². The molecule has 6 heteroatoms. The van der Waals surface area contributed by atoms with E-state index in [0.29, 0.717) is 24.9 Å². The van der Waals surface area contributed by atoms with Gasteiger partial charge in [-0.05, 0) is 19.4 Å². The summed E-state index contributed by atoms with van der Waals surface area (Å²) in [6.45, 7) is 2.45. The molecular formula is C14H20N2O4. The van der Waals surface area contributed by atoms with E-state index in [1.54, 1.807) is 36.9 Å². The lowest BCUT2D eigenvalue weighted by Crippen LogP contribution is -2.29. The zero-order valence-electron chi connectivity index (χ0n) is 11.8. The van der Waals surface area contributed by atoms with Gasteiger partial charge in [-0.25, -0.2) is 0 Å². The quantitative estimate of drug-likeness (QED) is 0.803. The van der Waals surface area contributed by atoms with Crippen molar-refractivity contribution >= 4 is 11.9 Å². The van der Waals surface area contributed by atoms with Crippen molar-refractivity contribution in [2.45, 2.75) is 32.7 Å². The molecule has 0 spiro atoms. The fraction of sp³-hybridized carbons (Fsp3) is 0.500. The van der Waals surface area contributed by atoms with Gasteiger partial charge in [0.15, 0.2) is 0 Å². The number of aromatic nitrogens is 1. The summed E-state index contributed by atoms with van der Waals surface area (Å²) in [4.78, 5) is 35.3. The first-order chi connectivity index (χ1) is 9.41. The van der Waals surface area contributed by atoms with Crippen LogP contribution in [-0.4, -0.2) is 40.0 Å². The number of carboxylic acid groups (broad SMARTS) is 1. The summed E-state index contributed by atoms with van der Waals surface area (Å²) in [7, 11) is 1.59. The molecule has 6 nitrogen and oxygen atoms in total. The Bertz CT molecular complexity index is 536. The molecule has 1 heterocycles. The molecule has 1 rings (SSSR count). The SMILES string of the molecule is Cc1cccn(CCCC(=O)N(C)CCC(=O)O)c1=O. The Morgan fingerprint density at radius 1 is 1.35 bits per heavy atom. The lowest BCUT2D eigenvalue weighted by Gasteiger charge is -2.16. The Hall–Kier alpha value is -2.11. The van der Waals surface area contributed by atoms with E-state index in [4.69, 9.17) is 5.11 Å². The van der Waals surface area contributed by atoms with E-state index in [0.717, 1.165) is 0 Å². The number of pyridine rings is 1. The first-order valence-corrected chi connectivity index (χ1v) is 6.53. The summed E-state index contributed by atoms with van der Waals surface area (Å²) in [5.41, 5.74) is 0.636. The van der Waals surface area contributed by atoms with Crippen molar-refractivity contribution in [3.8, 4) is 0 Å². The summed E-state index contributed by atoms with van der Waals surface area (Å²) >= 11 is 0. The van der Waals surface area contributed by atoms with Crippen LogP contribution >= 0.6 is 0 Å². The first kappa shape index (κ1) is 15.9. The highest BCUT2D eigenvalue weighted by molar-refractivity contribution is 5.76. The maximum absolute atomic E-state index is 11.8. The summed E-state index contributed by atoms with van der Waals surface area (Å²) in [5, 5.41) is 8.55. The third kappa shape index (κ3) is 4.87. The van der Waals surface area contributed by atoms with Gasteiger partial charge in [-0.15, -0.1) is 0 Å². The molecule has 110 valence electrons. The number of hydrogen-bond acceptors (Lipinski definition) is 3. The molecule has 1 N–H and O–H groups in total. The third-order valence-corrected chi connectivity index (χ3v) is 3.09. The molecule has 0 radical (unpaired) electrons. The van der Waals surface area contributed by atoms with Gasteiger partial charge in [-0.1, -0.05) is 6.07 Å². The molecule has 0 aliphatic rings. The van der Waals surface area contributed by atoms with Crippen molar-refractivity contribution < 1.29 is 14.7 Å². The van der Waals surface area contributed by atoms with E-state index in [1.807, 2.05) is 0 Å². The summed E-state index contributed by atoms with van der Waals surface area (Å²) in [6.07, 6.45) is 2.50. The van der Waals surface area contributed by atoms with Crippen molar-refractivity contribution in [2.75, 3.05) is 13.6 Å². The Kier molecular flexibility index (Phi) is 5.96. The molecule has 0 atom stereocenters. The minimum Gasteiger partial charge on any atom is -0.481 e. The highest BCUT2D eigenvalue weighted by Gasteiger charge is 2.10. The fourth-order valence-corrected chi connectivity index (χ4v) is 1.81. The highest BCUT2D eigenvalue weighted by atomic mass is 16.4. The van der Waals surface area contributed by atoms with Crippen LogP contribution in [0, 0.1) is 6.92 Å². The van der Waals surface area contributed by atoms with Crippen LogP contribution in [0.3, 0.4) is 0 Å². The van der Waals surface area contributed by atoms with Gasteiger partial charge in [0.05, 0.1) is 6.42 Å². The van der Waals surface area contributed by atoms with Crippen LogP contribution in [0.2, 0.25) is 0 Å². The normalized spacial score (nSPS) is 10.3. The smallest absolute Gasteiger partial charge is 0.305 e. The third-order valence-electron chi connectivity index (χ3n) is 3.09. The second kappa shape index (κ2) is 7.47. The number of aryl methyl sites for hydroxylation is 2. The molecule has 0 bridgehead atoms. The standard InChI is InChI=1S/C14H20N2O4/c1-11-5-3-8-16(14(11)20)9-4-6-12(17)15(2)10-7-13(18)19/h3,5,8H,4,6-7,9-10H2,1-2H3,(H,18,19). The van der Waals surface area contributed by atoms with E-state index >= 15 is 0 Å². The molecule has 0 unspecified atom stereocenters. The fourth-order valence-electron chi connectivity index (χ4n) is 1.81. The van der Waals surface area contributed by atoms with E-state index in [9.17, 15) is 14.4 Å². The van der Waals surface area contributed by atoms with Crippen LogP contribution in [-0.2, 0) is 16.1 Å². The Morgan fingerprint density at radius 3 is 2.70 bits per heavy atom. The number of amides is 1. The number of aliphatic carboxylic acids is 1. The summed E-state index contributed by atoms with van der Waals surface area (Å²) < 4.78 is 1.58. The first-order valence-electron chi connectivity index (χ1n) is 6.53. The molecule has 0 aromatic carbocycles. The molecule has 1 aromatic rings. The number of hydrogen-bond donors (Lipinski definition) is 1. The van der Waals surface area contributed by atoms with E-state index < -0.39 is 5.97 Å². The largest absolute Gasteiger partial charge is 0.481 e. The van der Waals surface area contributed by atoms with Crippen molar-refractivity contribution in [3.05, 3.63) is 34.2 Å². The molecule has 1 aromatic heterocycles. The number of nitrogens with zero attached hydrogens (tertiary/aromatic N) is 2. The number of carbonyl (C=O) groups excluding carboxylic acids is 1. The second-order valence-electron chi connectivity index (χ2n) is 4.75. The number of carbonyl (C=O) groups is 2. The van der Waals surface area contributed by atoms with Gasteiger partial charge in [0.25, 0.3) is 5.56 Å². The van der Waals surface area contributed by atoms with Crippen LogP contribution in [0.1, 0.15) is 24.8 Å². The molecule has 0 saturated heterocycles. The Balaban J connectivity index is 2.40. The zero-order valence-corrected chi connectivity index (χ0v) is 11.8. The van der Waals surface area contributed by atoms with E-state index in [-0.39, 0.29) is 24.4 Å². The van der Waals surface area contributed by atoms with Crippen LogP contribution < -0.4 is 5.56 Å². The van der Waals surface area contributed by atoms with Gasteiger partial charge in [0.1, 0.15) is 0 Å². The lowest BCUT2D eigenvalue weighted by atomic mass is 10.2. The van der Waals surface area contributed by atoms with Crippen molar-refractivity contribution in [1.29, 1.82) is 0 Å². The van der Waals surface area contributed by atoms with Crippen LogP contribution in [0.15, 0.2) is 23.1 Å². The number of rotatable bonds is 7. The maximum atomic E-state index is 11.8. The van der Waals surface area contributed by atoms with E-state index in [2.05, 4.69) is 0 Å². The molecule has 1 amide bonds. The molecule has 0 saturated carbocycles. The average molecular weight is 280 g/mol. The molecule has 0 fully saturated rings. The van der Waals surface area contributed by atoms with Crippen molar-refractivity contribution in [2.24, 2.45) is 0 Å². The monoisotopic (exact) mass is 280 g/mol. The Morgan fingerprint density at radius 2 is 2.05 bits per heavy atom. The summed E-state index contributed by atoms with van der Waals surface area (Å²) in [5.74, 6) is -1.03. The zero-order chi connectivity index (χ0) is 15.1. The van der Waals surface area contributed by atoms with Crippen molar-refractivity contribution in [1.82, 2.24) is 9.47 Å². The van der Waals surface area contributed by atoms with Crippen LogP contribution in [0.5, 0.6) is 0 Å². The van der Waals surface area contributed by atoms with Crippen LogP contribution in [0.4, 0.5) is 0 Å². The molecular weight excluding hydrogens is 260 g/mol. The minimum atomic E-state index is -0.920. The number of carboxylic acids is 1. The van der Waals surface area contributed by atoms with Gasteiger partial charge in [-0.3, -0.25) is 14.4 Å². The lowest BCUT2D eigenvalue weighted by molar-refractivity contribution is -0.138. The highest BCUT2D eigenvalue weighted by Crippen LogP contribution is 2.00. The molecule has 20 heavy (non-hydrogen) atoms. The predicted octanol–water partition coefficient (Wildman–Crippen LogP) is 0.870. The van der Waals surface area contributed by atoms with Gasteiger partial charge in [-0.2, -0.15) is 0 Å². The average Bonchev–Trinajstić information content (AvgIpc) is 2.40. The van der Waals surface area contributed by atoms with Gasteiger partial charge in [0, 0.05) is 38.3 Å². The van der Waals surface area contributed by atoms with Gasteiger partial charge < -0.3 is 14.6 Å². The van der Waals surface area contributed by atoms with Crippen molar-refractivity contribution in [3.63, 3.8) is 0 Å². The minimum absolute atomic E-state index is 0.0424. The maximum Gasteiger partial charge on any atom is 0.305 e. The second-order valence-corrected chi connectivity index (χ2v) is 4.75. The Labute approximate surface area is 117 Å². The van der Waals surface area contributed by atoms with Gasteiger partial charge >= 0.3 is 5.97 Å². The predicted molar refractivity (Wildman–Crippen MR) is 74.6 cm³/mol. The summed E-state index contributed by atoms with van der Waals surface area (Å²) in [6, 6.07) is 3.56. The molecule has 0 aliphatic carbocycles.